The number of rotatable bonds is 4. The zero-order valence-corrected chi connectivity index (χ0v) is 11.3. The lowest BCUT2D eigenvalue weighted by Crippen LogP contribution is -2.32. The Balaban J connectivity index is 2.13. The number of aliphatic carboxylic acids is 1. The highest BCUT2D eigenvalue weighted by atomic mass is 16.4. The molecule has 0 spiro atoms. The molecule has 102 valence electrons. The lowest BCUT2D eigenvalue weighted by molar-refractivity contribution is -0.140. The predicted molar refractivity (Wildman–Crippen MR) is 73.3 cm³/mol. The largest absolute Gasteiger partial charge is 0.481 e. The van der Waals surface area contributed by atoms with Crippen molar-refractivity contribution in [3.8, 4) is 0 Å². The molecule has 0 heterocycles. The van der Waals surface area contributed by atoms with Gasteiger partial charge in [0.15, 0.2) is 0 Å². The smallest absolute Gasteiger partial charge is 0.304 e. The minimum absolute atomic E-state index is 0.131. The van der Waals surface area contributed by atoms with Gasteiger partial charge in [-0.2, -0.15) is 0 Å². The van der Waals surface area contributed by atoms with Gasteiger partial charge < -0.3 is 10.0 Å². The van der Waals surface area contributed by atoms with Crippen molar-refractivity contribution in [2.75, 3.05) is 11.9 Å². The maximum atomic E-state index is 12.1. The first-order valence-corrected chi connectivity index (χ1v) is 6.60. The van der Waals surface area contributed by atoms with E-state index in [0.717, 1.165) is 18.5 Å². The van der Waals surface area contributed by atoms with Crippen molar-refractivity contribution in [1.82, 2.24) is 0 Å². The van der Waals surface area contributed by atoms with Gasteiger partial charge in [0.25, 0.3) is 0 Å². The highest BCUT2D eigenvalue weighted by Gasteiger charge is 2.22. The minimum atomic E-state index is -0.941. The molecule has 0 aliphatic heterocycles. The second-order valence-corrected chi connectivity index (χ2v) is 5.20. The number of carboxylic acids is 1. The molecule has 0 aromatic heterocycles. The van der Waals surface area contributed by atoms with Crippen LogP contribution < -0.4 is 4.90 Å². The molecule has 19 heavy (non-hydrogen) atoms. The molecule has 1 aromatic rings. The number of fused-ring (bicyclic) bond motifs is 1. The fraction of sp³-hybridized carbons (Fsp3) is 0.467. The molecule has 1 amide bonds. The maximum Gasteiger partial charge on any atom is 0.304 e. The van der Waals surface area contributed by atoms with E-state index in [4.69, 9.17) is 5.11 Å². The topological polar surface area (TPSA) is 57.6 Å². The van der Waals surface area contributed by atoms with Crippen LogP contribution in [0.1, 0.15) is 30.9 Å². The quantitative estimate of drug-likeness (QED) is 0.904. The van der Waals surface area contributed by atoms with Crippen LogP contribution in [0.5, 0.6) is 0 Å². The molecule has 0 saturated carbocycles. The van der Waals surface area contributed by atoms with E-state index in [-0.39, 0.29) is 12.3 Å². The van der Waals surface area contributed by atoms with Crippen LogP contribution in [0.4, 0.5) is 5.69 Å². The summed E-state index contributed by atoms with van der Waals surface area (Å²) in [6.45, 7) is 1.65. The normalized spacial score (nSPS) is 14.8. The number of aryl methyl sites for hydroxylation is 2. The van der Waals surface area contributed by atoms with Crippen molar-refractivity contribution in [2.24, 2.45) is 5.92 Å². The van der Waals surface area contributed by atoms with Crippen LogP contribution in [0.3, 0.4) is 0 Å². The Morgan fingerprint density at radius 2 is 2.00 bits per heavy atom. The first-order chi connectivity index (χ1) is 8.99. The first-order valence-electron chi connectivity index (χ1n) is 6.60. The van der Waals surface area contributed by atoms with Gasteiger partial charge in [-0.15, -0.1) is 0 Å². The second kappa shape index (κ2) is 5.43. The Bertz CT molecular complexity index is 510. The van der Waals surface area contributed by atoms with E-state index < -0.39 is 11.9 Å². The fourth-order valence-corrected chi connectivity index (χ4v) is 2.57. The Hall–Kier alpha value is -1.84. The molecule has 1 aliphatic rings. The monoisotopic (exact) mass is 261 g/mol. The van der Waals surface area contributed by atoms with Gasteiger partial charge in [-0.1, -0.05) is 13.0 Å². The third-order valence-electron chi connectivity index (χ3n) is 3.70. The molecule has 4 nitrogen and oxygen atoms in total. The number of amides is 1. The van der Waals surface area contributed by atoms with Crippen LogP contribution in [0.25, 0.3) is 0 Å². The van der Waals surface area contributed by atoms with E-state index in [1.807, 2.05) is 12.1 Å². The zero-order valence-electron chi connectivity index (χ0n) is 11.3. The van der Waals surface area contributed by atoms with Gasteiger partial charge in [-0.3, -0.25) is 9.59 Å². The first kappa shape index (κ1) is 13.6. The summed E-state index contributed by atoms with van der Waals surface area (Å²) in [5, 5.41) is 8.74. The second-order valence-electron chi connectivity index (χ2n) is 5.20. The average molecular weight is 261 g/mol. The summed E-state index contributed by atoms with van der Waals surface area (Å²) >= 11 is 0. The standard InChI is InChI=1S/C15H19NO3/c1-10(8-14(17)18)15(19)16(2)13-7-6-11-4-3-5-12(11)9-13/h6-7,9-10H,3-5,8H2,1-2H3,(H,17,18). The van der Waals surface area contributed by atoms with Crippen molar-refractivity contribution in [3.63, 3.8) is 0 Å². The van der Waals surface area contributed by atoms with Crippen molar-refractivity contribution < 1.29 is 14.7 Å². The number of nitrogens with zero attached hydrogens (tertiary/aromatic N) is 1. The van der Waals surface area contributed by atoms with Crippen molar-refractivity contribution in [3.05, 3.63) is 29.3 Å². The molecule has 0 saturated heterocycles. The number of carbonyl (C=O) groups is 2. The molecule has 1 atom stereocenters. The Morgan fingerprint density at radius 1 is 1.32 bits per heavy atom. The summed E-state index contributed by atoms with van der Waals surface area (Å²) in [6.07, 6.45) is 3.22. The summed E-state index contributed by atoms with van der Waals surface area (Å²) in [7, 11) is 1.71. The van der Waals surface area contributed by atoms with E-state index >= 15 is 0 Å². The number of carbonyl (C=O) groups excluding carboxylic acids is 1. The average Bonchev–Trinajstić information content (AvgIpc) is 2.83. The van der Waals surface area contributed by atoms with Gasteiger partial charge in [-0.25, -0.2) is 0 Å². The van der Waals surface area contributed by atoms with Gasteiger partial charge in [-0.05, 0) is 42.5 Å². The number of hydrogen-bond donors (Lipinski definition) is 1. The lowest BCUT2D eigenvalue weighted by atomic mass is 10.1. The molecular weight excluding hydrogens is 242 g/mol. The SMILES string of the molecule is CC(CC(=O)O)C(=O)N(C)c1ccc2c(c1)CCC2. The highest BCUT2D eigenvalue weighted by Crippen LogP contribution is 2.27. The highest BCUT2D eigenvalue weighted by molar-refractivity contribution is 5.96. The summed E-state index contributed by atoms with van der Waals surface area (Å²) in [4.78, 5) is 24.4. The molecular formula is C15H19NO3. The summed E-state index contributed by atoms with van der Waals surface area (Å²) in [5.41, 5.74) is 3.52. The summed E-state index contributed by atoms with van der Waals surface area (Å²) in [5.74, 6) is -1.60. The zero-order chi connectivity index (χ0) is 14.0. The molecule has 0 bridgehead atoms. The lowest BCUT2D eigenvalue weighted by Gasteiger charge is -2.21. The molecule has 1 aliphatic carbocycles. The van der Waals surface area contributed by atoms with Crippen LogP contribution in [-0.2, 0) is 22.4 Å². The third-order valence-corrected chi connectivity index (χ3v) is 3.70. The molecule has 1 aromatic carbocycles. The van der Waals surface area contributed by atoms with Gasteiger partial charge in [0.2, 0.25) is 5.91 Å². The van der Waals surface area contributed by atoms with Crippen molar-refractivity contribution in [1.29, 1.82) is 0 Å². The maximum absolute atomic E-state index is 12.1. The fourth-order valence-electron chi connectivity index (χ4n) is 2.57. The molecule has 0 radical (unpaired) electrons. The van der Waals surface area contributed by atoms with Crippen LogP contribution in [0.2, 0.25) is 0 Å². The van der Waals surface area contributed by atoms with Gasteiger partial charge >= 0.3 is 5.97 Å². The van der Waals surface area contributed by atoms with E-state index in [9.17, 15) is 9.59 Å². The van der Waals surface area contributed by atoms with Crippen LogP contribution >= 0.6 is 0 Å². The van der Waals surface area contributed by atoms with E-state index in [1.165, 1.54) is 17.5 Å². The van der Waals surface area contributed by atoms with E-state index in [0.29, 0.717) is 0 Å². The molecule has 4 heteroatoms. The van der Waals surface area contributed by atoms with Gasteiger partial charge in [0, 0.05) is 18.7 Å². The van der Waals surface area contributed by atoms with E-state index in [1.54, 1.807) is 18.9 Å². The number of benzene rings is 1. The summed E-state index contributed by atoms with van der Waals surface area (Å²) < 4.78 is 0. The van der Waals surface area contributed by atoms with Gasteiger partial charge in [0.05, 0.1) is 6.42 Å². The third kappa shape index (κ3) is 2.95. The number of carboxylic acid groups (broad SMARTS) is 1. The van der Waals surface area contributed by atoms with E-state index in [2.05, 4.69) is 6.07 Å². The molecule has 2 rings (SSSR count). The summed E-state index contributed by atoms with van der Waals surface area (Å²) in [6, 6.07) is 6.06. The number of hydrogen-bond acceptors (Lipinski definition) is 2. The Labute approximate surface area is 113 Å². The van der Waals surface area contributed by atoms with Crippen LogP contribution in [0, 0.1) is 5.92 Å². The van der Waals surface area contributed by atoms with Gasteiger partial charge in [0.1, 0.15) is 0 Å². The van der Waals surface area contributed by atoms with Crippen LogP contribution in [-0.4, -0.2) is 24.0 Å². The molecule has 1 N–H and O–H groups in total. The Morgan fingerprint density at radius 3 is 2.68 bits per heavy atom. The van der Waals surface area contributed by atoms with Crippen LogP contribution in [0.15, 0.2) is 18.2 Å². The molecule has 1 unspecified atom stereocenters. The number of anilines is 1. The van der Waals surface area contributed by atoms with Crippen molar-refractivity contribution >= 4 is 17.6 Å². The minimum Gasteiger partial charge on any atom is -0.481 e. The van der Waals surface area contributed by atoms with Crippen molar-refractivity contribution in [2.45, 2.75) is 32.6 Å². The molecule has 0 fully saturated rings. The predicted octanol–water partition coefficient (Wildman–Crippen LogP) is 2.25. The Kier molecular flexibility index (Phi) is 3.88.